The Morgan fingerprint density at radius 1 is 1.12 bits per heavy atom. The zero-order valence-corrected chi connectivity index (χ0v) is 23.5. The Morgan fingerprint density at radius 3 is 2.62 bits per heavy atom. The molecule has 3 aromatic heterocycles. The number of amides is 2. The van der Waals surface area contributed by atoms with E-state index < -0.39 is 11.4 Å². The summed E-state index contributed by atoms with van der Waals surface area (Å²) in [7, 11) is 0. The minimum atomic E-state index is -0.539. The van der Waals surface area contributed by atoms with Gasteiger partial charge in [-0.25, -0.2) is 14.2 Å². The highest BCUT2D eigenvalue weighted by atomic mass is 19.1. The van der Waals surface area contributed by atoms with E-state index >= 15 is 0 Å². The summed E-state index contributed by atoms with van der Waals surface area (Å²) in [5, 5.41) is 3.78. The topological polar surface area (TPSA) is 95.0 Å². The summed E-state index contributed by atoms with van der Waals surface area (Å²) in [6, 6.07) is 7.41. The van der Waals surface area contributed by atoms with Crippen molar-refractivity contribution in [2.24, 2.45) is 0 Å². The molecule has 2 N–H and O–H groups in total. The van der Waals surface area contributed by atoms with Crippen molar-refractivity contribution >= 4 is 39.9 Å². The van der Waals surface area contributed by atoms with Crippen LogP contribution in [0.15, 0.2) is 36.7 Å². The van der Waals surface area contributed by atoms with Gasteiger partial charge in [0.05, 0.1) is 28.5 Å². The van der Waals surface area contributed by atoms with Gasteiger partial charge in [-0.1, -0.05) is 0 Å². The monoisotopic (exact) mass is 546 g/mol. The highest BCUT2D eigenvalue weighted by Gasteiger charge is 2.42. The number of nitrogens with zero attached hydrogens (tertiary/aromatic N) is 4. The van der Waals surface area contributed by atoms with E-state index in [0.29, 0.717) is 23.5 Å². The minimum Gasteiger partial charge on any atom is -0.444 e. The van der Waals surface area contributed by atoms with Crippen molar-refractivity contribution in [2.45, 2.75) is 71.6 Å². The lowest BCUT2D eigenvalue weighted by atomic mass is 10.1. The molecular weight excluding hydrogens is 511 g/mol. The molecule has 6 rings (SSSR count). The van der Waals surface area contributed by atoms with Crippen LogP contribution in [0.2, 0.25) is 0 Å². The fraction of sp³-hybridized carbons (Fsp3) is 0.433. The van der Waals surface area contributed by atoms with E-state index in [0.717, 1.165) is 48.1 Å². The Morgan fingerprint density at radius 2 is 1.90 bits per heavy atom. The van der Waals surface area contributed by atoms with E-state index in [2.05, 4.69) is 20.2 Å². The second kappa shape index (κ2) is 9.53. The van der Waals surface area contributed by atoms with Crippen LogP contribution in [0.5, 0.6) is 0 Å². The second-order valence-corrected chi connectivity index (χ2v) is 12.0. The molecule has 4 heterocycles. The Labute approximate surface area is 232 Å². The molecule has 1 unspecified atom stereocenters. The lowest BCUT2D eigenvalue weighted by molar-refractivity contribution is 0.0158. The zero-order valence-electron chi connectivity index (χ0n) is 23.5. The van der Waals surface area contributed by atoms with E-state index in [9.17, 15) is 14.0 Å². The SMILES string of the molecule is Cc1cn2cc(NC(=O)c3ccc(N4CCC(N(C(=O)OC(C)(C)C)C5CC5)C4)c4cc(C)[nH]c34)cc(F)c2n1. The molecule has 210 valence electrons. The van der Waals surface area contributed by atoms with Crippen molar-refractivity contribution in [1.82, 2.24) is 19.3 Å². The summed E-state index contributed by atoms with van der Waals surface area (Å²) in [5.74, 6) is -0.838. The quantitative estimate of drug-likeness (QED) is 0.330. The smallest absolute Gasteiger partial charge is 0.410 e. The number of carbonyl (C=O) groups excluding carboxylic acids is 2. The summed E-state index contributed by atoms with van der Waals surface area (Å²) >= 11 is 0. The first-order chi connectivity index (χ1) is 19.0. The van der Waals surface area contributed by atoms with Gasteiger partial charge < -0.3 is 29.2 Å². The van der Waals surface area contributed by atoms with Gasteiger partial charge >= 0.3 is 6.09 Å². The fourth-order valence-electron chi connectivity index (χ4n) is 5.70. The Bertz CT molecular complexity index is 1630. The van der Waals surface area contributed by atoms with Gasteiger partial charge in [0.2, 0.25) is 0 Å². The molecule has 4 aromatic rings. The molecule has 1 saturated carbocycles. The van der Waals surface area contributed by atoms with Crippen LogP contribution in [-0.4, -0.2) is 62.0 Å². The third-order valence-electron chi connectivity index (χ3n) is 7.48. The maximum atomic E-state index is 14.6. The standard InChI is InChI=1S/C30H35FN6O3/c1-17-12-23-25(35-11-10-21(16-35)37(20-6-7-20)29(39)40-30(3,4)5)9-8-22(26(23)32-17)28(38)34-19-13-24(31)27-33-18(2)14-36(27)15-19/h8-9,12-15,20-21,32H,6-7,10-11,16H2,1-5H3,(H,34,38). The average Bonchev–Trinajstić information content (AvgIpc) is 3.23. The molecule has 1 aromatic carbocycles. The molecule has 2 aliphatic rings. The van der Waals surface area contributed by atoms with Crippen LogP contribution in [0.1, 0.15) is 61.8 Å². The van der Waals surface area contributed by atoms with Gasteiger partial charge in [-0.15, -0.1) is 0 Å². The molecule has 1 aliphatic carbocycles. The molecule has 0 bridgehead atoms. The summed E-state index contributed by atoms with van der Waals surface area (Å²) in [4.78, 5) is 38.2. The van der Waals surface area contributed by atoms with E-state index in [1.807, 2.05) is 44.7 Å². The maximum Gasteiger partial charge on any atom is 0.410 e. The first-order valence-electron chi connectivity index (χ1n) is 13.8. The largest absolute Gasteiger partial charge is 0.444 e. The number of rotatable bonds is 5. The predicted molar refractivity (Wildman–Crippen MR) is 153 cm³/mol. The third-order valence-corrected chi connectivity index (χ3v) is 7.48. The van der Waals surface area contributed by atoms with Crippen LogP contribution in [0.25, 0.3) is 16.6 Å². The minimum absolute atomic E-state index is 0.0667. The molecule has 1 aliphatic heterocycles. The van der Waals surface area contributed by atoms with E-state index in [-0.39, 0.29) is 29.7 Å². The van der Waals surface area contributed by atoms with E-state index in [1.165, 1.54) is 6.07 Å². The van der Waals surface area contributed by atoms with Gasteiger partial charge in [0.1, 0.15) is 5.60 Å². The molecule has 1 saturated heterocycles. The second-order valence-electron chi connectivity index (χ2n) is 12.0. The van der Waals surface area contributed by atoms with Gasteiger partial charge in [-0.05, 0) is 72.1 Å². The van der Waals surface area contributed by atoms with Crippen molar-refractivity contribution in [2.75, 3.05) is 23.3 Å². The number of hydrogen-bond acceptors (Lipinski definition) is 5. The van der Waals surface area contributed by atoms with Crippen molar-refractivity contribution in [3.05, 3.63) is 59.4 Å². The number of nitrogens with one attached hydrogen (secondary N) is 2. The number of halogens is 1. The summed E-state index contributed by atoms with van der Waals surface area (Å²) in [5.41, 5.74) is 3.86. The van der Waals surface area contributed by atoms with E-state index in [1.54, 1.807) is 29.8 Å². The van der Waals surface area contributed by atoms with Gasteiger partial charge in [-0.3, -0.25) is 4.79 Å². The molecule has 10 heteroatoms. The number of aromatic nitrogens is 3. The van der Waals surface area contributed by atoms with Gasteiger partial charge in [0, 0.05) is 54.4 Å². The lowest BCUT2D eigenvalue weighted by Gasteiger charge is -2.32. The highest BCUT2D eigenvalue weighted by molar-refractivity contribution is 6.14. The van der Waals surface area contributed by atoms with Crippen LogP contribution >= 0.6 is 0 Å². The molecule has 2 fully saturated rings. The Kier molecular flexibility index (Phi) is 6.23. The van der Waals surface area contributed by atoms with Gasteiger partial charge in [-0.2, -0.15) is 0 Å². The van der Waals surface area contributed by atoms with Crippen LogP contribution in [0, 0.1) is 19.7 Å². The molecule has 1 atom stereocenters. The zero-order chi connectivity index (χ0) is 28.3. The van der Waals surface area contributed by atoms with Crippen molar-refractivity contribution in [3.8, 4) is 0 Å². The van der Waals surface area contributed by atoms with Crippen LogP contribution < -0.4 is 10.2 Å². The fourth-order valence-corrected chi connectivity index (χ4v) is 5.70. The maximum absolute atomic E-state index is 14.6. The van der Waals surface area contributed by atoms with Crippen LogP contribution in [-0.2, 0) is 4.74 Å². The van der Waals surface area contributed by atoms with Crippen molar-refractivity contribution < 1.29 is 18.7 Å². The first-order valence-corrected chi connectivity index (χ1v) is 13.8. The number of carbonyl (C=O) groups is 2. The molecule has 0 radical (unpaired) electrons. The number of hydrogen-bond donors (Lipinski definition) is 2. The number of aryl methyl sites for hydroxylation is 2. The summed E-state index contributed by atoms with van der Waals surface area (Å²) < 4.78 is 21.9. The number of aromatic amines is 1. The highest BCUT2D eigenvalue weighted by Crippen LogP contribution is 2.37. The van der Waals surface area contributed by atoms with Crippen LogP contribution in [0.4, 0.5) is 20.6 Å². The first kappa shape index (κ1) is 26.2. The van der Waals surface area contributed by atoms with Gasteiger partial charge in [0.15, 0.2) is 11.5 Å². The van der Waals surface area contributed by atoms with Crippen molar-refractivity contribution in [1.29, 1.82) is 0 Å². The summed E-state index contributed by atoms with van der Waals surface area (Å²) in [6.07, 6.45) is 6.01. The summed E-state index contributed by atoms with van der Waals surface area (Å²) in [6.45, 7) is 10.9. The normalized spacial score (nSPS) is 17.6. The number of benzene rings is 1. The predicted octanol–water partition coefficient (Wildman–Crippen LogP) is 5.80. The number of H-pyrrole nitrogens is 1. The number of ether oxygens (including phenoxy) is 1. The third kappa shape index (κ3) is 4.98. The van der Waals surface area contributed by atoms with Crippen LogP contribution in [0.3, 0.4) is 0 Å². The Hall–Kier alpha value is -4.08. The molecule has 9 nitrogen and oxygen atoms in total. The molecular formula is C30H35FN6O3. The molecule has 2 amide bonds. The van der Waals surface area contributed by atoms with E-state index in [4.69, 9.17) is 4.74 Å². The number of imidazole rings is 1. The number of pyridine rings is 1. The molecule has 0 spiro atoms. The average molecular weight is 547 g/mol. The number of fused-ring (bicyclic) bond motifs is 2. The number of anilines is 2. The lowest BCUT2D eigenvalue weighted by Crippen LogP contribution is -2.46. The Balaban J connectivity index is 1.25. The molecule has 40 heavy (non-hydrogen) atoms. The van der Waals surface area contributed by atoms with Crippen molar-refractivity contribution in [3.63, 3.8) is 0 Å². The van der Waals surface area contributed by atoms with Gasteiger partial charge in [0.25, 0.3) is 5.91 Å².